The minimum absolute atomic E-state index is 0. The molecule has 8 heteroatoms. The van der Waals surface area contributed by atoms with Gasteiger partial charge in [-0.05, 0) is 113 Å². The average Bonchev–Trinajstić information content (AvgIpc) is 3.30. The SMILES string of the molecule is CC(C)[PH+](c1ccc(C(F)(F)F)cc1[N-]c1ccccc1)C(C)C.[Cu+].c1ccc([PH+](c2ccccc2)c2ccccc2)cc1.c1ccc([PH+](c2ccccc2)c2ccccc2)cc1. The summed E-state index contributed by atoms with van der Waals surface area (Å²) in [6, 6.07) is 78.2. The summed E-state index contributed by atoms with van der Waals surface area (Å²) in [5.74, 6) is 0. The van der Waals surface area contributed by atoms with E-state index in [9.17, 15) is 13.2 Å². The predicted octanol–water partition coefficient (Wildman–Crippen LogP) is 13.1. The Morgan fingerprint density at radius 1 is 0.381 bits per heavy atom. The molecule has 0 radical (unpaired) electrons. The molecule has 324 valence electrons. The molecule has 8 rings (SSSR count). The van der Waals surface area contributed by atoms with Crippen LogP contribution in [0.1, 0.15) is 33.3 Å². The van der Waals surface area contributed by atoms with Crippen LogP contribution in [0.2, 0.25) is 0 Å². The van der Waals surface area contributed by atoms with Crippen LogP contribution in [0.5, 0.6) is 0 Å². The summed E-state index contributed by atoms with van der Waals surface area (Å²) in [5, 5.41) is 14.1. The molecule has 0 spiro atoms. The maximum atomic E-state index is 13.1. The first-order valence-electron chi connectivity index (χ1n) is 21.0. The maximum Gasteiger partial charge on any atom is 1.00 e. The molecular formula is C55H55CuF3NP3+3. The monoisotopic (exact) mass is 942 g/mol. The van der Waals surface area contributed by atoms with E-state index < -0.39 is 35.5 Å². The summed E-state index contributed by atoms with van der Waals surface area (Å²) in [6.07, 6.45) is -4.36. The van der Waals surface area contributed by atoms with Crippen LogP contribution in [-0.2, 0) is 23.2 Å². The molecule has 0 heterocycles. The zero-order valence-electron chi connectivity index (χ0n) is 36.0. The Balaban J connectivity index is 0.000000178. The topological polar surface area (TPSA) is 14.1 Å². The van der Waals surface area contributed by atoms with Crippen molar-refractivity contribution in [3.63, 3.8) is 0 Å². The van der Waals surface area contributed by atoms with Crippen molar-refractivity contribution in [2.75, 3.05) is 0 Å². The van der Waals surface area contributed by atoms with Gasteiger partial charge in [-0.25, -0.2) is 0 Å². The first-order chi connectivity index (χ1) is 30.1. The van der Waals surface area contributed by atoms with Crippen molar-refractivity contribution in [3.05, 3.63) is 241 Å². The van der Waals surface area contributed by atoms with Gasteiger partial charge >= 0.3 is 23.2 Å². The molecule has 0 amide bonds. The molecule has 0 aromatic heterocycles. The summed E-state index contributed by atoms with van der Waals surface area (Å²) in [4.78, 5) is 0. The van der Waals surface area contributed by atoms with E-state index in [1.54, 1.807) is 18.2 Å². The molecule has 0 saturated heterocycles. The van der Waals surface area contributed by atoms with Crippen LogP contribution in [0.15, 0.2) is 231 Å². The van der Waals surface area contributed by atoms with Crippen molar-refractivity contribution < 1.29 is 30.2 Å². The molecule has 0 atom stereocenters. The Bertz CT molecular complexity index is 2160. The number of hydrogen-bond acceptors (Lipinski definition) is 0. The third-order valence-electron chi connectivity index (χ3n) is 10.3. The molecule has 0 saturated carbocycles. The molecule has 0 unspecified atom stereocenters. The zero-order chi connectivity index (χ0) is 43.7. The normalized spacial score (nSPS) is 11.0. The number of rotatable bonds is 11. The van der Waals surface area contributed by atoms with Gasteiger partial charge in [0.25, 0.3) is 0 Å². The van der Waals surface area contributed by atoms with Gasteiger partial charge in [-0.15, -0.1) is 5.69 Å². The number of hydrogen-bond donors (Lipinski definition) is 0. The van der Waals surface area contributed by atoms with E-state index in [4.69, 9.17) is 0 Å². The van der Waals surface area contributed by atoms with E-state index in [0.717, 1.165) is 5.30 Å². The van der Waals surface area contributed by atoms with Gasteiger partial charge in [-0.3, -0.25) is 0 Å². The van der Waals surface area contributed by atoms with E-state index in [-0.39, 0.29) is 17.1 Å². The molecule has 0 N–H and O–H groups in total. The fraction of sp³-hybridized carbons (Fsp3) is 0.127. The molecular weight excluding hydrogens is 888 g/mol. The summed E-state index contributed by atoms with van der Waals surface area (Å²) in [7, 11) is -2.78. The first kappa shape index (κ1) is 49.2. The van der Waals surface area contributed by atoms with Crippen molar-refractivity contribution in [1.82, 2.24) is 0 Å². The molecule has 1 nitrogen and oxygen atoms in total. The van der Waals surface area contributed by atoms with Gasteiger partial charge in [0.05, 0.1) is 38.0 Å². The van der Waals surface area contributed by atoms with Gasteiger partial charge in [0.2, 0.25) is 0 Å². The quantitative estimate of drug-likeness (QED) is 0.0906. The molecule has 0 aliphatic rings. The van der Waals surface area contributed by atoms with Crippen molar-refractivity contribution in [2.24, 2.45) is 0 Å². The second-order valence-corrected chi connectivity index (χ2v) is 24.1. The molecule has 0 aliphatic carbocycles. The van der Waals surface area contributed by atoms with Crippen LogP contribution in [0.4, 0.5) is 24.5 Å². The van der Waals surface area contributed by atoms with Gasteiger partial charge < -0.3 is 5.32 Å². The largest absolute Gasteiger partial charge is 1.00 e. The van der Waals surface area contributed by atoms with E-state index in [2.05, 4.69) is 215 Å². The Labute approximate surface area is 387 Å². The van der Waals surface area contributed by atoms with Crippen LogP contribution in [-0.4, -0.2) is 11.3 Å². The van der Waals surface area contributed by atoms with Crippen molar-refractivity contribution in [3.8, 4) is 0 Å². The van der Waals surface area contributed by atoms with Crippen LogP contribution in [0.3, 0.4) is 0 Å². The van der Waals surface area contributed by atoms with E-state index in [0.29, 0.717) is 22.7 Å². The molecule has 63 heavy (non-hydrogen) atoms. The fourth-order valence-corrected chi connectivity index (χ4v) is 16.0. The Morgan fingerprint density at radius 3 is 0.905 bits per heavy atom. The Hall–Kier alpha value is -4.84. The van der Waals surface area contributed by atoms with Crippen molar-refractivity contribution in [2.45, 2.75) is 45.2 Å². The van der Waals surface area contributed by atoms with E-state index >= 15 is 0 Å². The Morgan fingerprint density at radius 2 is 0.651 bits per heavy atom. The molecule has 8 aromatic rings. The Kier molecular flexibility index (Phi) is 19.4. The third-order valence-corrected chi connectivity index (χ3v) is 19.3. The summed E-state index contributed by atoms with van der Waals surface area (Å²) in [6.45, 7) is 8.55. The van der Waals surface area contributed by atoms with E-state index in [1.165, 1.54) is 44.0 Å². The second-order valence-electron chi connectivity index (χ2n) is 15.4. The first-order valence-corrected chi connectivity index (χ1v) is 25.7. The zero-order valence-corrected chi connectivity index (χ0v) is 39.9. The van der Waals surface area contributed by atoms with Gasteiger partial charge in [-0.2, -0.15) is 13.2 Å². The van der Waals surface area contributed by atoms with Crippen LogP contribution in [0.25, 0.3) is 5.32 Å². The summed E-state index contributed by atoms with van der Waals surface area (Å²) >= 11 is 0. The molecule has 0 aliphatic heterocycles. The van der Waals surface area contributed by atoms with Gasteiger partial charge in [0.15, 0.2) is 0 Å². The van der Waals surface area contributed by atoms with Gasteiger partial charge in [0.1, 0.15) is 31.8 Å². The summed E-state index contributed by atoms with van der Waals surface area (Å²) < 4.78 is 39.4. The molecule has 0 fully saturated rings. The smallest absolute Gasteiger partial charge is 0.655 e. The van der Waals surface area contributed by atoms with Gasteiger partial charge in [0, 0.05) is 7.92 Å². The van der Waals surface area contributed by atoms with E-state index in [1.807, 2.05) is 18.2 Å². The minimum Gasteiger partial charge on any atom is -0.655 e. The third kappa shape index (κ3) is 14.3. The van der Waals surface area contributed by atoms with Crippen LogP contribution < -0.4 is 37.1 Å². The predicted molar refractivity (Wildman–Crippen MR) is 272 cm³/mol. The van der Waals surface area contributed by atoms with Crippen LogP contribution >= 0.6 is 23.8 Å². The standard InChI is InChI=1S/C19H22F3NP.2C18H15P.Cu/c1-13(2)24(14(3)4)18-11-10-15(19(20,21)22)12-17(18)23-16-8-6-5-7-9-16;2*1-4-10-16(11-5-1)19(17-12-6-2-7-13-17)18-14-8-3-9-15-18;/h5-14H,1-4H3;2*1-15H;/q-1;;;+1/p+3. The van der Waals surface area contributed by atoms with Crippen LogP contribution in [0, 0.1) is 0 Å². The molecule has 8 aromatic carbocycles. The maximum absolute atomic E-state index is 13.1. The number of halogens is 3. The van der Waals surface area contributed by atoms with Gasteiger partial charge in [-0.1, -0.05) is 151 Å². The molecule has 0 bridgehead atoms. The number of para-hydroxylation sites is 1. The second kappa shape index (κ2) is 24.9. The fourth-order valence-electron chi connectivity index (χ4n) is 7.60. The number of alkyl halides is 3. The van der Waals surface area contributed by atoms with Crippen molar-refractivity contribution in [1.29, 1.82) is 0 Å². The summed E-state index contributed by atoms with van der Waals surface area (Å²) in [5.41, 5.74) is 1.31. The number of benzene rings is 8. The number of nitrogens with zero attached hydrogens (tertiary/aromatic N) is 1. The average molecular weight is 944 g/mol. The van der Waals surface area contributed by atoms with Crippen molar-refractivity contribution >= 4 is 72.3 Å². The minimum atomic E-state index is -4.36.